The maximum absolute atomic E-state index is 5.18. The van der Waals surface area contributed by atoms with Crippen LogP contribution in [0.25, 0.3) is 0 Å². The van der Waals surface area contributed by atoms with Crippen LogP contribution in [0.1, 0.15) is 6.92 Å². The Hall–Kier alpha value is 0.0300. The summed E-state index contributed by atoms with van der Waals surface area (Å²) in [6.07, 6.45) is 1.72. The lowest BCUT2D eigenvalue weighted by atomic mass is 10.5. The Morgan fingerprint density at radius 1 is 1.88 bits per heavy atom. The minimum absolute atomic E-state index is 0.270. The van der Waals surface area contributed by atoms with E-state index in [1.165, 1.54) is 0 Å². The first-order chi connectivity index (χ1) is 3.66. The van der Waals surface area contributed by atoms with Gasteiger partial charge in [0.05, 0.1) is 0 Å². The number of rotatable bonds is 2. The van der Waals surface area contributed by atoms with Crippen molar-refractivity contribution in [1.29, 1.82) is 0 Å². The first-order valence-electron chi connectivity index (χ1n) is 2.15. The van der Waals surface area contributed by atoms with Gasteiger partial charge in [0, 0.05) is 3.92 Å². The Morgan fingerprint density at radius 3 is 2.50 bits per heavy atom. The normalized spacial score (nSPS) is 15.6. The van der Waals surface area contributed by atoms with Crippen LogP contribution >= 0.6 is 22.6 Å². The molecule has 0 aromatic rings. The lowest BCUT2D eigenvalue weighted by molar-refractivity contribution is 0.216. The largest absolute Gasteiger partial charge is 0.394 e. The van der Waals surface area contributed by atoms with Crippen LogP contribution in [-0.4, -0.2) is 3.92 Å². The second-order valence-corrected chi connectivity index (χ2v) is 3.33. The molecule has 0 aliphatic carbocycles. The van der Waals surface area contributed by atoms with E-state index in [2.05, 4.69) is 27.4 Å². The number of hydrogen-bond donors (Lipinski definition) is 2. The monoisotopic (exact) mass is 228 g/mol. The molecule has 0 heterocycles. The Bertz CT molecular complexity index is 92.0. The standard InChI is InChI=1S/C4H9IN2O/c1-3(5)2-4(6)8-7/h2-3H,6-7H2,1H3/b4-2-. The van der Waals surface area contributed by atoms with Gasteiger partial charge in [0.1, 0.15) is 0 Å². The molecule has 0 aromatic heterocycles. The molecule has 48 valence electrons. The molecule has 0 radical (unpaired) electrons. The van der Waals surface area contributed by atoms with Crippen LogP contribution in [0.4, 0.5) is 0 Å². The van der Waals surface area contributed by atoms with E-state index < -0.39 is 0 Å². The van der Waals surface area contributed by atoms with Crippen LogP contribution in [-0.2, 0) is 4.84 Å². The molecular formula is C4H9IN2O. The van der Waals surface area contributed by atoms with Gasteiger partial charge in [-0.3, -0.25) is 0 Å². The third-order valence-electron chi connectivity index (χ3n) is 0.530. The van der Waals surface area contributed by atoms with Crippen LogP contribution in [0, 0.1) is 0 Å². The number of allylic oxidation sites excluding steroid dienone is 1. The van der Waals surface area contributed by atoms with Gasteiger partial charge in [-0.1, -0.05) is 22.6 Å². The highest BCUT2D eigenvalue weighted by atomic mass is 127. The number of alkyl halides is 1. The zero-order chi connectivity index (χ0) is 6.57. The van der Waals surface area contributed by atoms with Crippen molar-refractivity contribution >= 4 is 22.6 Å². The average molecular weight is 228 g/mol. The van der Waals surface area contributed by atoms with Gasteiger partial charge in [-0.2, -0.15) is 5.90 Å². The van der Waals surface area contributed by atoms with Crippen molar-refractivity contribution in [3.8, 4) is 0 Å². The van der Waals surface area contributed by atoms with E-state index in [4.69, 9.17) is 11.6 Å². The zero-order valence-corrected chi connectivity index (χ0v) is 6.75. The number of nitrogens with two attached hydrogens (primary N) is 2. The van der Waals surface area contributed by atoms with Gasteiger partial charge in [-0.05, 0) is 13.0 Å². The van der Waals surface area contributed by atoms with Gasteiger partial charge in [-0.15, -0.1) is 0 Å². The van der Waals surface area contributed by atoms with E-state index in [9.17, 15) is 0 Å². The molecule has 4 heteroatoms. The van der Waals surface area contributed by atoms with E-state index in [-0.39, 0.29) is 5.88 Å². The van der Waals surface area contributed by atoms with E-state index in [1.54, 1.807) is 6.08 Å². The molecular weight excluding hydrogens is 219 g/mol. The molecule has 4 N–H and O–H groups in total. The highest BCUT2D eigenvalue weighted by Gasteiger charge is 1.90. The molecule has 0 saturated carbocycles. The molecule has 8 heavy (non-hydrogen) atoms. The summed E-state index contributed by atoms with van der Waals surface area (Å²) in [6.45, 7) is 1.98. The predicted molar refractivity (Wildman–Crippen MR) is 41.0 cm³/mol. The van der Waals surface area contributed by atoms with Crippen molar-refractivity contribution in [2.75, 3.05) is 0 Å². The molecule has 1 unspecified atom stereocenters. The van der Waals surface area contributed by atoms with Crippen molar-refractivity contribution in [2.45, 2.75) is 10.8 Å². The van der Waals surface area contributed by atoms with E-state index in [0.717, 1.165) is 0 Å². The Labute approximate surface area is 62.2 Å². The highest BCUT2D eigenvalue weighted by Crippen LogP contribution is 2.00. The molecule has 0 amide bonds. The van der Waals surface area contributed by atoms with Crippen LogP contribution in [0.15, 0.2) is 12.0 Å². The average Bonchev–Trinajstić information content (AvgIpc) is 1.65. The SMILES string of the molecule is CC(I)/C=C(/N)ON. The Morgan fingerprint density at radius 2 is 2.38 bits per heavy atom. The fraction of sp³-hybridized carbons (Fsp3) is 0.500. The summed E-state index contributed by atoms with van der Waals surface area (Å²) in [5, 5.41) is 0. The molecule has 0 aromatic carbocycles. The summed E-state index contributed by atoms with van der Waals surface area (Å²) in [5.41, 5.74) is 5.18. The first kappa shape index (κ1) is 8.03. The molecule has 0 fully saturated rings. The molecule has 0 aliphatic rings. The first-order valence-corrected chi connectivity index (χ1v) is 3.39. The van der Waals surface area contributed by atoms with Crippen molar-refractivity contribution in [3.63, 3.8) is 0 Å². The predicted octanol–water partition coefficient (Wildman–Crippen LogP) is 0.500. The third kappa shape index (κ3) is 4.20. The Kier molecular flexibility index (Phi) is 3.98. The highest BCUT2D eigenvalue weighted by molar-refractivity contribution is 14.1. The van der Waals surface area contributed by atoms with E-state index in [1.807, 2.05) is 6.92 Å². The van der Waals surface area contributed by atoms with Crippen molar-refractivity contribution in [1.82, 2.24) is 0 Å². The minimum atomic E-state index is 0.270. The number of hydrogen-bond acceptors (Lipinski definition) is 3. The lowest BCUT2D eigenvalue weighted by Crippen LogP contribution is -2.08. The second kappa shape index (κ2) is 3.96. The molecule has 0 saturated heterocycles. The van der Waals surface area contributed by atoms with Crippen LogP contribution in [0.2, 0.25) is 0 Å². The van der Waals surface area contributed by atoms with Gasteiger partial charge in [-0.25, -0.2) is 0 Å². The summed E-state index contributed by atoms with van der Waals surface area (Å²) in [6, 6.07) is 0. The topological polar surface area (TPSA) is 61.3 Å². The van der Waals surface area contributed by atoms with Crippen molar-refractivity contribution < 1.29 is 4.84 Å². The molecule has 0 spiro atoms. The maximum atomic E-state index is 5.18. The minimum Gasteiger partial charge on any atom is -0.394 e. The molecule has 3 nitrogen and oxygen atoms in total. The molecule has 0 bridgehead atoms. The summed E-state index contributed by atoms with van der Waals surface area (Å²) >= 11 is 2.19. The van der Waals surface area contributed by atoms with E-state index in [0.29, 0.717) is 3.92 Å². The maximum Gasteiger partial charge on any atom is 0.206 e. The summed E-state index contributed by atoms with van der Waals surface area (Å²) < 4.78 is 0.358. The van der Waals surface area contributed by atoms with Gasteiger partial charge in [0.15, 0.2) is 0 Å². The summed E-state index contributed by atoms with van der Waals surface area (Å²) in [4.78, 5) is 4.20. The van der Waals surface area contributed by atoms with Gasteiger partial charge < -0.3 is 10.6 Å². The summed E-state index contributed by atoms with van der Waals surface area (Å²) in [7, 11) is 0. The molecule has 0 aliphatic heterocycles. The van der Waals surface area contributed by atoms with Crippen LogP contribution < -0.4 is 11.6 Å². The fourth-order valence-corrected chi connectivity index (χ4v) is 0.620. The van der Waals surface area contributed by atoms with Gasteiger partial charge in [0.25, 0.3) is 0 Å². The van der Waals surface area contributed by atoms with Gasteiger partial charge in [0.2, 0.25) is 5.88 Å². The quantitative estimate of drug-likeness (QED) is 0.313. The second-order valence-electron chi connectivity index (χ2n) is 1.36. The lowest BCUT2D eigenvalue weighted by Gasteiger charge is -1.96. The van der Waals surface area contributed by atoms with Crippen molar-refractivity contribution in [2.24, 2.45) is 11.6 Å². The van der Waals surface area contributed by atoms with Crippen LogP contribution in [0.3, 0.4) is 0 Å². The molecule has 0 rings (SSSR count). The summed E-state index contributed by atoms with van der Waals surface area (Å²) in [5.74, 6) is 4.99. The zero-order valence-electron chi connectivity index (χ0n) is 4.60. The van der Waals surface area contributed by atoms with Gasteiger partial charge >= 0.3 is 0 Å². The van der Waals surface area contributed by atoms with E-state index >= 15 is 0 Å². The number of halogens is 1. The Balaban J connectivity index is 3.56. The fourth-order valence-electron chi connectivity index (χ4n) is 0.266. The smallest absolute Gasteiger partial charge is 0.206 e. The van der Waals surface area contributed by atoms with Crippen LogP contribution in [0.5, 0.6) is 0 Å². The van der Waals surface area contributed by atoms with Crippen molar-refractivity contribution in [3.05, 3.63) is 12.0 Å². The molecule has 1 atom stereocenters. The third-order valence-corrected chi connectivity index (χ3v) is 0.890.